The van der Waals surface area contributed by atoms with Crippen LogP contribution in [0.25, 0.3) is 48.5 Å². The maximum Gasteiger partial charge on any atom is 0.297 e. The van der Waals surface area contributed by atoms with E-state index >= 15 is 0 Å². The van der Waals surface area contributed by atoms with Crippen molar-refractivity contribution in [2.75, 3.05) is 0 Å². The summed E-state index contributed by atoms with van der Waals surface area (Å²) >= 11 is 3.75. The summed E-state index contributed by atoms with van der Waals surface area (Å²) in [4.78, 5) is 72.0. The van der Waals surface area contributed by atoms with E-state index in [0.29, 0.717) is 95.3 Å². The summed E-state index contributed by atoms with van der Waals surface area (Å²) in [6, 6.07) is 54.8. The highest BCUT2D eigenvalue weighted by Crippen LogP contribution is 2.46. The number of benzene rings is 9. The van der Waals surface area contributed by atoms with Crippen LogP contribution in [0.3, 0.4) is 0 Å². The lowest BCUT2D eigenvalue weighted by molar-refractivity contribution is -0.124. The number of carbonyl (C=O) groups excluding carboxylic acids is 6. The fourth-order valence-corrected chi connectivity index (χ4v) is 12.9. The molecule has 3 aromatic heterocycles. The molecule has 0 amide bonds. The molecule has 0 fully saturated rings. The number of hydrogen-bond donors (Lipinski definition) is 3. The lowest BCUT2D eigenvalue weighted by atomic mass is 10.0. The lowest BCUT2D eigenvalue weighted by Crippen LogP contribution is -2.04. The van der Waals surface area contributed by atoms with Crippen LogP contribution >= 0.6 is 34.0 Å². The number of phenolic OH excluding ortho intramolecular Hbond substituents is 3. The van der Waals surface area contributed by atoms with Gasteiger partial charge < -0.3 is 43.7 Å². The fraction of sp³-hybridized carbons (Fsp3) is 0.0400. The summed E-state index contributed by atoms with van der Waals surface area (Å²) in [5.74, 6) is 2.07. The summed E-state index contributed by atoms with van der Waals surface area (Å²) in [5.41, 5.74) is 6.32. The van der Waals surface area contributed by atoms with Crippen LogP contribution in [0.2, 0.25) is 0 Å². The summed E-state index contributed by atoms with van der Waals surface area (Å²) < 4.78 is 48.1. The number of halogens is 1. The van der Waals surface area contributed by atoms with Crippen LogP contribution in [-0.4, -0.2) is 52.1 Å². The zero-order valence-corrected chi connectivity index (χ0v) is 52.5. The molecule has 0 unspecified atom stereocenters. The van der Waals surface area contributed by atoms with Crippen LogP contribution in [0, 0.1) is 26.6 Å². The van der Waals surface area contributed by atoms with Crippen molar-refractivity contribution in [3.8, 4) is 51.7 Å². The minimum atomic E-state index is -0.498. The second kappa shape index (κ2) is 30.4. The third-order valence-corrected chi connectivity index (χ3v) is 17.6. The van der Waals surface area contributed by atoms with Crippen molar-refractivity contribution in [2.45, 2.75) is 20.8 Å². The van der Waals surface area contributed by atoms with Gasteiger partial charge in [0.1, 0.15) is 54.9 Å². The molecular weight excluding hydrogens is 1260 g/mol. The van der Waals surface area contributed by atoms with E-state index < -0.39 is 5.82 Å². The number of aryl methyl sites for hydroxylation is 3. The quantitative estimate of drug-likeness (QED) is 0.0264. The SMILES string of the molecule is Cc1ccc(F)cc1C(=O)c1sc2cc(O)ccc2c1Oc1ccc(/C=C/OC=O)cc1.Cc1ccccc1C(=O)c1sc2cc(O)ccc2c1Oc1ccc(/C=C/OC=O)cc1.Cc1ccccc1C(=O)c1sc2cc(O)ccc2c1Oc1ccc(/C=C/OC=O)cc1. The van der Waals surface area contributed by atoms with Gasteiger partial charge in [-0.15, -0.1) is 34.0 Å². The van der Waals surface area contributed by atoms with E-state index in [2.05, 4.69) is 14.2 Å². The highest BCUT2D eigenvalue weighted by atomic mass is 32.1. The Hall–Kier alpha value is -11.8. The topological polar surface area (TPSA) is 218 Å². The third-order valence-electron chi connectivity index (χ3n) is 14.2. The predicted molar refractivity (Wildman–Crippen MR) is 362 cm³/mol. The number of carbonyl (C=O) groups is 6. The zero-order chi connectivity index (χ0) is 66.3. The Morgan fingerprint density at radius 2 is 0.681 bits per heavy atom. The van der Waals surface area contributed by atoms with E-state index in [1.54, 1.807) is 140 Å². The molecule has 19 heteroatoms. The van der Waals surface area contributed by atoms with E-state index in [9.17, 15) is 48.5 Å². The van der Waals surface area contributed by atoms with Crippen molar-refractivity contribution in [3.63, 3.8) is 0 Å². The monoisotopic (exact) mass is 1310 g/mol. The fourth-order valence-electron chi connectivity index (χ4n) is 9.54. The zero-order valence-electron chi connectivity index (χ0n) is 50.0. The van der Waals surface area contributed by atoms with Crippen LogP contribution in [0.5, 0.6) is 51.7 Å². The van der Waals surface area contributed by atoms with Crippen LogP contribution in [0.15, 0.2) is 213 Å². The molecule has 12 rings (SSSR count). The molecule has 0 spiro atoms. The molecule has 3 heterocycles. The Balaban J connectivity index is 0.000000154. The minimum Gasteiger partial charge on any atom is -0.508 e. The summed E-state index contributed by atoms with van der Waals surface area (Å²) in [6.07, 6.45) is 8.76. The molecule has 0 atom stereocenters. The number of ether oxygens (including phenoxy) is 6. The number of phenols is 3. The van der Waals surface area contributed by atoms with Crippen molar-refractivity contribution in [3.05, 3.63) is 283 Å². The van der Waals surface area contributed by atoms with Crippen LogP contribution in [-0.2, 0) is 28.6 Å². The molecule has 468 valence electrons. The second-order valence-corrected chi connectivity index (χ2v) is 23.7. The van der Waals surface area contributed by atoms with Gasteiger partial charge in [-0.3, -0.25) is 28.8 Å². The van der Waals surface area contributed by atoms with E-state index in [4.69, 9.17) is 14.2 Å². The first-order valence-corrected chi connectivity index (χ1v) is 30.9. The van der Waals surface area contributed by atoms with Crippen LogP contribution < -0.4 is 14.2 Å². The normalized spacial score (nSPS) is 11.0. The van der Waals surface area contributed by atoms with Crippen LogP contribution in [0.4, 0.5) is 4.39 Å². The molecule has 0 aliphatic carbocycles. The van der Waals surface area contributed by atoms with Gasteiger partial charge in [-0.2, -0.15) is 0 Å². The van der Waals surface area contributed by atoms with Gasteiger partial charge in [-0.1, -0.05) is 91.0 Å². The molecule has 0 radical (unpaired) electrons. The maximum absolute atomic E-state index is 13.8. The molecule has 12 aromatic rings. The first-order valence-electron chi connectivity index (χ1n) is 28.5. The molecule has 0 aliphatic rings. The van der Waals surface area contributed by atoms with Gasteiger partial charge >= 0.3 is 0 Å². The van der Waals surface area contributed by atoms with Gasteiger partial charge in [0, 0.05) is 46.9 Å². The molecule has 9 aromatic carbocycles. The number of thiophene rings is 3. The van der Waals surface area contributed by atoms with Gasteiger partial charge in [-0.25, -0.2) is 4.39 Å². The highest BCUT2D eigenvalue weighted by molar-refractivity contribution is 7.22. The van der Waals surface area contributed by atoms with Gasteiger partial charge in [0.2, 0.25) is 17.3 Å². The maximum atomic E-state index is 13.8. The number of rotatable bonds is 21. The first-order chi connectivity index (χ1) is 45.6. The predicted octanol–water partition coefficient (Wildman–Crippen LogP) is 18.4. The largest absolute Gasteiger partial charge is 0.508 e. The second-order valence-electron chi connectivity index (χ2n) is 20.5. The third kappa shape index (κ3) is 15.7. The van der Waals surface area contributed by atoms with Gasteiger partial charge in [0.25, 0.3) is 19.4 Å². The number of hydrogen-bond acceptors (Lipinski definition) is 18. The Kier molecular flexibility index (Phi) is 21.1. The Bertz CT molecular complexity index is 4680. The summed E-state index contributed by atoms with van der Waals surface area (Å²) in [5, 5.41) is 31.8. The highest BCUT2D eigenvalue weighted by Gasteiger charge is 2.27. The summed E-state index contributed by atoms with van der Waals surface area (Å²) in [6.45, 7) is 6.56. The molecule has 3 N–H and O–H groups in total. The van der Waals surface area contributed by atoms with E-state index in [1.165, 1.54) is 71.0 Å². The molecule has 0 aliphatic heterocycles. The molecule has 94 heavy (non-hydrogen) atoms. The summed E-state index contributed by atoms with van der Waals surface area (Å²) in [7, 11) is 0. The number of aromatic hydroxyl groups is 3. The molecule has 0 bridgehead atoms. The van der Waals surface area contributed by atoms with Crippen molar-refractivity contribution in [2.24, 2.45) is 0 Å². The van der Waals surface area contributed by atoms with E-state index in [1.807, 2.05) is 74.5 Å². The molecule has 0 saturated heterocycles. The van der Waals surface area contributed by atoms with Crippen molar-refractivity contribution >= 4 is 119 Å². The average Bonchev–Trinajstić information content (AvgIpc) is 1.64. The number of fused-ring (bicyclic) bond motifs is 3. The van der Waals surface area contributed by atoms with Crippen LogP contribution in [0.1, 0.15) is 79.1 Å². The Labute approximate surface area is 548 Å². The Morgan fingerprint density at radius 1 is 0.372 bits per heavy atom. The van der Waals surface area contributed by atoms with E-state index in [0.717, 1.165) is 48.0 Å². The number of ketones is 3. The molecular formula is C75H53FO15S3. The van der Waals surface area contributed by atoms with Gasteiger partial charge in [0.15, 0.2) is 17.2 Å². The Morgan fingerprint density at radius 3 is 1.00 bits per heavy atom. The minimum absolute atomic E-state index is 0.0694. The average molecular weight is 1310 g/mol. The standard InChI is InChI=1S/C25H17FO5S.2C25H18O5S/c1-15-2-5-17(26)12-21(15)23(29)25-24(20-9-6-18(28)13-22(20)32-25)31-19-7-3-16(4-8-19)10-11-30-14-27;2*1-16-4-2-3-5-20(16)23(28)25-24(21-11-8-18(27)14-22(21)31-25)30-19-9-6-17(7-10-19)12-13-29-15-26/h2-14,28H,1H3;2*2-15,27H,1H3/b11-10+;2*13-12+. The van der Waals surface area contributed by atoms with Crippen molar-refractivity contribution in [1.29, 1.82) is 0 Å². The van der Waals surface area contributed by atoms with Gasteiger partial charge in [-0.05, 0) is 176 Å². The molecule has 0 saturated carbocycles. The van der Waals surface area contributed by atoms with Gasteiger partial charge in [0.05, 0.1) is 18.8 Å². The van der Waals surface area contributed by atoms with E-state index in [-0.39, 0.29) is 40.2 Å². The van der Waals surface area contributed by atoms with Crippen molar-refractivity contribution in [1.82, 2.24) is 0 Å². The van der Waals surface area contributed by atoms with Crippen molar-refractivity contribution < 1.29 is 76.9 Å². The smallest absolute Gasteiger partial charge is 0.297 e. The first kappa shape index (κ1) is 65.2. The lowest BCUT2D eigenvalue weighted by Gasteiger charge is -2.09. The molecule has 15 nitrogen and oxygen atoms in total.